The lowest BCUT2D eigenvalue weighted by atomic mass is 10.1. The SMILES string of the molecule is CC(C)c1nn(-c2c(Cl)cc(Cl)cc2Cl)c2nc(Cc3ccc(NS(=O)(=O)/C=C/N(C)C)cc3)[nH]c(=O)c12. The number of nitrogens with one attached hydrogen (secondary N) is 2. The van der Waals surface area contributed by atoms with Crippen molar-refractivity contribution in [2.75, 3.05) is 18.8 Å². The topological polar surface area (TPSA) is 113 Å². The van der Waals surface area contributed by atoms with E-state index in [2.05, 4.69) is 14.8 Å². The van der Waals surface area contributed by atoms with Crippen LogP contribution in [0.25, 0.3) is 16.7 Å². The van der Waals surface area contributed by atoms with Gasteiger partial charge in [-0.05, 0) is 35.7 Å². The Morgan fingerprint density at radius 3 is 2.32 bits per heavy atom. The number of halogens is 3. The molecule has 0 saturated heterocycles. The molecule has 2 aromatic heterocycles. The maximum atomic E-state index is 13.2. The molecule has 4 rings (SSSR count). The number of anilines is 1. The summed E-state index contributed by atoms with van der Waals surface area (Å²) in [7, 11) is -0.193. The van der Waals surface area contributed by atoms with Gasteiger partial charge in [0, 0.05) is 37.4 Å². The van der Waals surface area contributed by atoms with Crippen molar-refractivity contribution < 1.29 is 8.42 Å². The fourth-order valence-corrected chi connectivity index (χ4v) is 5.67. The molecule has 2 aromatic carbocycles. The molecule has 0 bridgehead atoms. The number of benzene rings is 2. The third kappa shape index (κ3) is 6.15. The van der Waals surface area contributed by atoms with Gasteiger partial charge in [-0.2, -0.15) is 5.10 Å². The number of sulfonamides is 1. The molecular weight excluding hydrogens is 571 g/mol. The highest BCUT2D eigenvalue weighted by molar-refractivity contribution is 7.95. The Hall–Kier alpha value is -3.05. The van der Waals surface area contributed by atoms with Crippen LogP contribution in [0.4, 0.5) is 5.69 Å². The zero-order chi connectivity index (χ0) is 27.8. The summed E-state index contributed by atoms with van der Waals surface area (Å²) in [5.74, 6) is 0.323. The Morgan fingerprint density at radius 1 is 1.11 bits per heavy atom. The fraction of sp³-hybridized carbons (Fsp3) is 0.240. The van der Waals surface area contributed by atoms with Crippen molar-refractivity contribution in [2.45, 2.75) is 26.2 Å². The second-order valence-corrected chi connectivity index (χ2v) is 12.0. The summed E-state index contributed by atoms with van der Waals surface area (Å²) < 4.78 is 28.4. The van der Waals surface area contributed by atoms with E-state index in [1.807, 2.05) is 13.8 Å². The molecule has 0 saturated carbocycles. The minimum Gasteiger partial charge on any atom is -0.383 e. The summed E-state index contributed by atoms with van der Waals surface area (Å²) in [5, 5.41) is 6.98. The van der Waals surface area contributed by atoms with E-state index < -0.39 is 10.0 Å². The highest BCUT2D eigenvalue weighted by Gasteiger charge is 2.23. The quantitative estimate of drug-likeness (QED) is 0.276. The first-order valence-corrected chi connectivity index (χ1v) is 14.2. The minimum absolute atomic E-state index is 0.0683. The van der Waals surface area contributed by atoms with Crippen molar-refractivity contribution in [1.82, 2.24) is 24.6 Å². The number of nitrogens with zero attached hydrogens (tertiary/aromatic N) is 4. The number of fused-ring (bicyclic) bond motifs is 1. The van der Waals surface area contributed by atoms with Crippen molar-refractivity contribution in [2.24, 2.45) is 0 Å². The van der Waals surface area contributed by atoms with Gasteiger partial charge in [-0.15, -0.1) is 0 Å². The first kappa shape index (κ1) is 28.0. The van der Waals surface area contributed by atoms with Crippen LogP contribution in [-0.2, 0) is 16.4 Å². The van der Waals surface area contributed by atoms with Gasteiger partial charge in [0.25, 0.3) is 15.6 Å². The lowest BCUT2D eigenvalue weighted by molar-refractivity contribution is 0.562. The van der Waals surface area contributed by atoms with Gasteiger partial charge in [-0.25, -0.2) is 18.1 Å². The first-order chi connectivity index (χ1) is 17.8. The highest BCUT2D eigenvalue weighted by Crippen LogP contribution is 2.34. The van der Waals surface area contributed by atoms with Crippen LogP contribution in [0.3, 0.4) is 0 Å². The summed E-state index contributed by atoms with van der Waals surface area (Å²) in [6, 6.07) is 9.88. The van der Waals surface area contributed by atoms with Crippen molar-refractivity contribution in [3.8, 4) is 5.69 Å². The zero-order valence-electron chi connectivity index (χ0n) is 21.0. The summed E-state index contributed by atoms with van der Waals surface area (Å²) in [6.45, 7) is 3.85. The number of rotatable bonds is 8. The Labute approximate surface area is 235 Å². The molecule has 0 spiro atoms. The van der Waals surface area contributed by atoms with Gasteiger partial charge in [0.05, 0.1) is 21.1 Å². The first-order valence-electron chi connectivity index (χ1n) is 11.5. The summed E-state index contributed by atoms with van der Waals surface area (Å²) in [5.41, 5.74) is 2.12. The molecule has 200 valence electrons. The molecule has 2 N–H and O–H groups in total. The molecule has 0 aliphatic heterocycles. The summed E-state index contributed by atoms with van der Waals surface area (Å²) in [4.78, 5) is 22.4. The van der Waals surface area contributed by atoms with Crippen LogP contribution in [-0.4, -0.2) is 47.2 Å². The predicted octanol–water partition coefficient (Wildman–Crippen LogP) is 5.56. The highest BCUT2D eigenvalue weighted by atomic mass is 35.5. The predicted molar refractivity (Wildman–Crippen MR) is 153 cm³/mol. The number of H-pyrrole nitrogens is 1. The average molecular weight is 596 g/mol. The van der Waals surface area contributed by atoms with E-state index >= 15 is 0 Å². The van der Waals surface area contributed by atoms with Gasteiger partial charge in [-0.3, -0.25) is 9.52 Å². The van der Waals surface area contributed by atoms with Gasteiger partial charge in [0.15, 0.2) is 5.65 Å². The van der Waals surface area contributed by atoms with E-state index in [9.17, 15) is 13.2 Å². The maximum Gasteiger partial charge on any atom is 0.262 e. The third-order valence-corrected chi connectivity index (χ3v) is 7.27. The Balaban J connectivity index is 1.71. The van der Waals surface area contributed by atoms with Gasteiger partial charge < -0.3 is 9.88 Å². The smallest absolute Gasteiger partial charge is 0.262 e. The van der Waals surface area contributed by atoms with Crippen molar-refractivity contribution in [3.05, 3.63) is 90.5 Å². The van der Waals surface area contributed by atoms with E-state index in [-0.39, 0.29) is 27.9 Å². The number of aromatic nitrogens is 4. The number of hydrogen-bond donors (Lipinski definition) is 2. The Morgan fingerprint density at radius 2 is 1.74 bits per heavy atom. The van der Waals surface area contributed by atoms with Crippen molar-refractivity contribution >= 4 is 61.5 Å². The monoisotopic (exact) mass is 594 g/mol. The third-order valence-electron chi connectivity index (χ3n) is 5.48. The summed E-state index contributed by atoms with van der Waals surface area (Å²) >= 11 is 19.0. The van der Waals surface area contributed by atoms with E-state index in [1.165, 1.54) is 10.9 Å². The molecule has 0 fully saturated rings. The van der Waals surface area contributed by atoms with Gasteiger partial charge >= 0.3 is 0 Å². The molecule has 0 atom stereocenters. The van der Waals surface area contributed by atoms with Crippen LogP contribution in [0, 0.1) is 0 Å². The van der Waals surface area contributed by atoms with Gasteiger partial charge in [0.1, 0.15) is 16.9 Å². The molecule has 0 aliphatic carbocycles. The largest absolute Gasteiger partial charge is 0.383 e. The fourth-order valence-electron chi connectivity index (χ4n) is 3.76. The number of aromatic amines is 1. The van der Waals surface area contributed by atoms with Crippen molar-refractivity contribution in [3.63, 3.8) is 0 Å². The molecule has 13 heteroatoms. The normalized spacial score (nSPS) is 12.1. The molecule has 0 unspecified atom stereocenters. The molecule has 38 heavy (non-hydrogen) atoms. The molecule has 0 amide bonds. The van der Waals surface area contributed by atoms with Crippen molar-refractivity contribution in [1.29, 1.82) is 0 Å². The standard InChI is InChI=1S/C25H25Cl3N6O3S/c1-14(2)22-21-24(34(31-22)23-18(27)12-16(26)13-19(23)28)29-20(30-25(21)35)11-15-5-7-17(8-6-15)32-38(36,37)10-9-33(3)4/h5-10,12-14,32H,11H2,1-4H3,(H,29,30,35)/b10-9+. The Kier molecular flexibility index (Phi) is 8.08. The van der Waals surface area contributed by atoms with E-state index in [1.54, 1.807) is 55.4 Å². The lowest BCUT2D eigenvalue weighted by Gasteiger charge is -2.10. The zero-order valence-corrected chi connectivity index (χ0v) is 24.0. The van der Waals surface area contributed by atoms with Crippen LogP contribution < -0.4 is 10.3 Å². The Bertz CT molecular complexity index is 1670. The van der Waals surface area contributed by atoms with Crippen LogP contribution >= 0.6 is 34.8 Å². The van der Waals surface area contributed by atoms with E-state index in [0.29, 0.717) is 38.9 Å². The van der Waals surface area contributed by atoms with Gasteiger partial charge in [0.2, 0.25) is 0 Å². The van der Waals surface area contributed by atoms with Gasteiger partial charge in [-0.1, -0.05) is 60.8 Å². The van der Waals surface area contributed by atoms with Crippen LogP contribution in [0.5, 0.6) is 0 Å². The van der Waals surface area contributed by atoms with Crippen LogP contribution in [0.1, 0.15) is 36.8 Å². The second-order valence-electron chi connectivity index (χ2n) is 9.15. The minimum atomic E-state index is -3.65. The molecule has 9 nitrogen and oxygen atoms in total. The van der Waals surface area contributed by atoms with E-state index in [0.717, 1.165) is 11.0 Å². The molecule has 0 radical (unpaired) electrons. The number of hydrogen-bond acceptors (Lipinski definition) is 6. The molecule has 4 aromatic rings. The molecule has 0 aliphatic rings. The molecule has 2 heterocycles. The van der Waals surface area contributed by atoms with Crippen LogP contribution in [0.15, 0.2) is 52.8 Å². The van der Waals surface area contributed by atoms with E-state index in [4.69, 9.17) is 39.8 Å². The average Bonchev–Trinajstić information content (AvgIpc) is 3.18. The second kappa shape index (κ2) is 11.0. The molecular formula is C25H25Cl3N6O3S. The van der Waals surface area contributed by atoms with Crippen LogP contribution in [0.2, 0.25) is 15.1 Å². The summed E-state index contributed by atoms with van der Waals surface area (Å²) in [6.07, 6.45) is 1.72. The lowest BCUT2D eigenvalue weighted by Crippen LogP contribution is -2.14. The maximum absolute atomic E-state index is 13.2.